The Balaban J connectivity index is 1.55. The second-order valence-electron chi connectivity index (χ2n) is 7.18. The molecule has 0 amide bonds. The molecule has 146 valence electrons. The van der Waals surface area contributed by atoms with Gasteiger partial charge < -0.3 is 10.1 Å². The zero-order valence-electron chi connectivity index (χ0n) is 15.9. The van der Waals surface area contributed by atoms with Crippen LogP contribution in [0.1, 0.15) is 12.8 Å². The Morgan fingerprint density at radius 1 is 1.00 bits per heavy atom. The van der Waals surface area contributed by atoms with E-state index >= 15 is 0 Å². The highest BCUT2D eigenvalue weighted by Gasteiger charge is 2.17. The van der Waals surface area contributed by atoms with Gasteiger partial charge >= 0.3 is 0 Å². The monoisotopic (exact) mass is 388 g/mol. The van der Waals surface area contributed by atoms with Crippen LogP contribution in [0.15, 0.2) is 66.9 Å². The molecule has 29 heavy (non-hydrogen) atoms. The molecule has 1 aliphatic rings. The predicted molar refractivity (Wildman–Crippen MR) is 111 cm³/mol. The van der Waals surface area contributed by atoms with Crippen LogP contribution in [0.3, 0.4) is 0 Å². The molecule has 1 fully saturated rings. The molecule has 5 nitrogen and oxygen atoms in total. The number of imidazole rings is 1. The number of fused-ring (bicyclic) bond motifs is 1. The Morgan fingerprint density at radius 3 is 2.59 bits per heavy atom. The first kappa shape index (κ1) is 17.8. The lowest BCUT2D eigenvalue weighted by molar-refractivity contribution is 0.162. The SMILES string of the molecule is Fc1ccc2c(c1)nc(-c1ccccn1)n2-c1ccc(OC2CCNCC2)cc1. The number of nitrogens with one attached hydrogen (secondary N) is 1. The second kappa shape index (κ2) is 7.64. The molecule has 4 aromatic rings. The van der Waals surface area contributed by atoms with E-state index < -0.39 is 0 Å². The van der Waals surface area contributed by atoms with E-state index in [0.29, 0.717) is 11.3 Å². The summed E-state index contributed by atoms with van der Waals surface area (Å²) < 4.78 is 21.9. The number of nitrogens with zero attached hydrogens (tertiary/aromatic N) is 3. The predicted octanol–water partition coefficient (Wildman–Crippen LogP) is 4.36. The molecule has 1 aliphatic heterocycles. The number of hydrogen-bond donors (Lipinski definition) is 1. The van der Waals surface area contributed by atoms with E-state index in [9.17, 15) is 4.39 Å². The quantitative estimate of drug-likeness (QED) is 0.564. The van der Waals surface area contributed by atoms with Gasteiger partial charge in [-0.2, -0.15) is 0 Å². The Kier molecular flexibility index (Phi) is 4.69. The van der Waals surface area contributed by atoms with E-state index in [4.69, 9.17) is 4.74 Å². The summed E-state index contributed by atoms with van der Waals surface area (Å²) in [5, 5.41) is 3.35. The Hall–Kier alpha value is -3.25. The fraction of sp³-hybridized carbons (Fsp3) is 0.217. The van der Waals surface area contributed by atoms with Crippen LogP contribution < -0.4 is 10.1 Å². The van der Waals surface area contributed by atoms with Crippen molar-refractivity contribution >= 4 is 11.0 Å². The first-order valence-corrected chi connectivity index (χ1v) is 9.85. The zero-order valence-corrected chi connectivity index (χ0v) is 15.9. The molecule has 0 radical (unpaired) electrons. The Morgan fingerprint density at radius 2 is 1.83 bits per heavy atom. The lowest BCUT2D eigenvalue weighted by Gasteiger charge is -2.24. The highest BCUT2D eigenvalue weighted by atomic mass is 19.1. The summed E-state index contributed by atoms with van der Waals surface area (Å²) in [6.45, 7) is 1.99. The number of halogens is 1. The van der Waals surface area contributed by atoms with Gasteiger partial charge in [0.25, 0.3) is 0 Å². The number of ether oxygens (including phenoxy) is 1. The van der Waals surface area contributed by atoms with Crippen molar-refractivity contribution in [2.45, 2.75) is 18.9 Å². The molecule has 0 aliphatic carbocycles. The third-order valence-corrected chi connectivity index (χ3v) is 5.19. The molecule has 1 saturated heterocycles. The van der Waals surface area contributed by atoms with Crippen LogP contribution in [0.2, 0.25) is 0 Å². The first-order valence-electron chi connectivity index (χ1n) is 9.85. The van der Waals surface area contributed by atoms with Crippen molar-refractivity contribution in [3.8, 4) is 23.0 Å². The van der Waals surface area contributed by atoms with E-state index in [-0.39, 0.29) is 11.9 Å². The third-order valence-electron chi connectivity index (χ3n) is 5.19. The van der Waals surface area contributed by atoms with E-state index in [0.717, 1.165) is 48.6 Å². The minimum absolute atomic E-state index is 0.253. The lowest BCUT2D eigenvalue weighted by atomic mass is 10.1. The van der Waals surface area contributed by atoms with Gasteiger partial charge in [0.2, 0.25) is 0 Å². The summed E-state index contributed by atoms with van der Waals surface area (Å²) in [7, 11) is 0. The summed E-state index contributed by atoms with van der Waals surface area (Å²) in [6, 6.07) is 18.3. The Labute approximate surface area is 168 Å². The molecule has 0 spiro atoms. The maximum atomic E-state index is 13.8. The maximum Gasteiger partial charge on any atom is 0.164 e. The van der Waals surface area contributed by atoms with E-state index in [1.165, 1.54) is 12.1 Å². The lowest BCUT2D eigenvalue weighted by Crippen LogP contribution is -2.34. The smallest absolute Gasteiger partial charge is 0.164 e. The molecule has 5 rings (SSSR count). The van der Waals surface area contributed by atoms with E-state index in [1.807, 2.05) is 47.0 Å². The summed E-state index contributed by atoms with van der Waals surface area (Å²) in [5.41, 5.74) is 3.09. The molecule has 6 heteroatoms. The number of benzene rings is 2. The van der Waals surface area contributed by atoms with Gasteiger partial charge in [0.15, 0.2) is 5.82 Å². The molecule has 2 aromatic heterocycles. The van der Waals surface area contributed by atoms with Crippen molar-refractivity contribution in [1.29, 1.82) is 0 Å². The molecular weight excluding hydrogens is 367 g/mol. The summed E-state index contributed by atoms with van der Waals surface area (Å²) >= 11 is 0. The number of hydrogen-bond acceptors (Lipinski definition) is 4. The number of pyridine rings is 1. The van der Waals surface area contributed by atoms with Crippen molar-refractivity contribution in [2.24, 2.45) is 0 Å². The summed E-state index contributed by atoms with van der Waals surface area (Å²) in [4.78, 5) is 9.10. The number of piperidine rings is 1. The summed E-state index contributed by atoms with van der Waals surface area (Å²) in [5.74, 6) is 1.23. The first-order chi connectivity index (χ1) is 14.3. The second-order valence-corrected chi connectivity index (χ2v) is 7.18. The van der Waals surface area contributed by atoms with Crippen molar-refractivity contribution in [3.05, 3.63) is 72.7 Å². The van der Waals surface area contributed by atoms with Crippen LogP contribution >= 0.6 is 0 Å². The van der Waals surface area contributed by atoms with Crippen molar-refractivity contribution in [2.75, 3.05) is 13.1 Å². The fourth-order valence-corrected chi connectivity index (χ4v) is 3.76. The van der Waals surface area contributed by atoms with Gasteiger partial charge in [-0.25, -0.2) is 9.37 Å². The normalized spacial score (nSPS) is 14.9. The largest absolute Gasteiger partial charge is 0.490 e. The summed E-state index contributed by atoms with van der Waals surface area (Å²) in [6.07, 6.45) is 4.02. The minimum Gasteiger partial charge on any atom is -0.490 e. The number of rotatable bonds is 4. The van der Waals surface area contributed by atoms with Crippen LogP contribution in [0, 0.1) is 5.82 Å². The minimum atomic E-state index is -0.305. The van der Waals surface area contributed by atoms with Crippen LogP contribution in [-0.2, 0) is 0 Å². The van der Waals surface area contributed by atoms with Gasteiger partial charge in [0, 0.05) is 18.0 Å². The third kappa shape index (κ3) is 3.59. The fourth-order valence-electron chi connectivity index (χ4n) is 3.76. The molecular formula is C23H21FN4O. The zero-order chi connectivity index (χ0) is 19.6. The van der Waals surface area contributed by atoms with Crippen LogP contribution in [0.25, 0.3) is 28.2 Å². The highest BCUT2D eigenvalue weighted by Crippen LogP contribution is 2.29. The van der Waals surface area contributed by atoms with Gasteiger partial charge in [-0.15, -0.1) is 0 Å². The number of aromatic nitrogens is 3. The molecule has 0 saturated carbocycles. The van der Waals surface area contributed by atoms with Gasteiger partial charge in [0.1, 0.15) is 23.4 Å². The maximum absolute atomic E-state index is 13.8. The van der Waals surface area contributed by atoms with Gasteiger partial charge in [0.05, 0.1) is 11.0 Å². The molecule has 0 bridgehead atoms. The Bertz CT molecular complexity index is 1120. The molecule has 0 atom stereocenters. The van der Waals surface area contributed by atoms with Gasteiger partial charge in [-0.3, -0.25) is 9.55 Å². The van der Waals surface area contributed by atoms with Crippen molar-refractivity contribution < 1.29 is 9.13 Å². The molecule has 0 unspecified atom stereocenters. The average molecular weight is 388 g/mol. The van der Waals surface area contributed by atoms with Gasteiger partial charge in [-0.05, 0) is 74.5 Å². The standard InChI is InChI=1S/C23H21FN4O/c24-16-4-9-22-21(15-16)27-23(20-3-1-2-12-26-20)28(22)17-5-7-18(8-6-17)29-19-10-13-25-14-11-19/h1-9,12,15,19,25H,10-11,13-14H2. The average Bonchev–Trinajstić information content (AvgIpc) is 3.14. The van der Waals surface area contributed by atoms with Crippen LogP contribution in [0.4, 0.5) is 4.39 Å². The van der Waals surface area contributed by atoms with Crippen LogP contribution in [0.5, 0.6) is 5.75 Å². The van der Waals surface area contributed by atoms with Crippen LogP contribution in [-0.4, -0.2) is 33.7 Å². The van der Waals surface area contributed by atoms with Crippen molar-refractivity contribution in [1.82, 2.24) is 19.9 Å². The molecule has 3 heterocycles. The molecule has 2 aromatic carbocycles. The van der Waals surface area contributed by atoms with Crippen molar-refractivity contribution in [3.63, 3.8) is 0 Å². The van der Waals surface area contributed by atoms with E-state index in [2.05, 4.69) is 15.3 Å². The van der Waals surface area contributed by atoms with Gasteiger partial charge in [-0.1, -0.05) is 6.07 Å². The molecule has 1 N–H and O–H groups in total. The van der Waals surface area contributed by atoms with E-state index in [1.54, 1.807) is 12.3 Å². The topological polar surface area (TPSA) is 52.0 Å². The highest BCUT2D eigenvalue weighted by molar-refractivity contribution is 5.82.